The fourth-order valence-corrected chi connectivity index (χ4v) is 2.05. The van der Waals surface area contributed by atoms with Crippen LogP contribution in [0.5, 0.6) is 5.75 Å². The van der Waals surface area contributed by atoms with Crippen molar-refractivity contribution in [1.29, 1.82) is 5.26 Å². The summed E-state index contributed by atoms with van der Waals surface area (Å²) in [6.07, 6.45) is 0.426. The van der Waals surface area contributed by atoms with Crippen LogP contribution < -0.4 is 4.74 Å². The Balaban J connectivity index is 2.00. The predicted octanol–water partition coefficient (Wildman–Crippen LogP) is 4.07. The Morgan fingerprint density at radius 3 is 2.32 bits per heavy atom. The van der Waals surface area contributed by atoms with Crippen LogP contribution in [-0.4, -0.2) is 0 Å². The maximum Gasteiger partial charge on any atom is 0.119 e. The van der Waals surface area contributed by atoms with Crippen LogP contribution in [0.3, 0.4) is 0 Å². The topological polar surface area (TPSA) is 33.0 Å². The van der Waals surface area contributed by atoms with Crippen molar-refractivity contribution in [2.24, 2.45) is 0 Å². The lowest BCUT2D eigenvalue weighted by molar-refractivity contribution is 0.305. The Morgan fingerprint density at radius 1 is 1.00 bits per heavy atom. The predicted molar refractivity (Wildman–Crippen MR) is 76.1 cm³/mol. The van der Waals surface area contributed by atoms with Gasteiger partial charge in [0.1, 0.15) is 12.4 Å². The largest absolute Gasteiger partial charge is 0.489 e. The second kappa shape index (κ2) is 6.82. The smallest absolute Gasteiger partial charge is 0.119 e. The molecule has 0 atom stereocenters. The number of hydrogen-bond acceptors (Lipinski definition) is 2. The maximum absolute atomic E-state index is 8.60. The van der Waals surface area contributed by atoms with Gasteiger partial charge in [0.2, 0.25) is 0 Å². The van der Waals surface area contributed by atoms with Gasteiger partial charge < -0.3 is 4.74 Å². The third-order valence-corrected chi connectivity index (χ3v) is 3.15. The van der Waals surface area contributed by atoms with Crippen LogP contribution in [-0.2, 0) is 18.9 Å². The fraction of sp³-hybridized carbons (Fsp3) is 0.188. The minimum absolute atomic E-state index is 0.426. The van der Waals surface area contributed by atoms with Gasteiger partial charge in [-0.15, -0.1) is 11.6 Å². The number of alkyl halides is 1. The van der Waals surface area contributed by atoms with E-state index in [4.69, 9.17) is 21.6 Å². The van der Waals surface area contributed by atoms with Gasteiger partial charge in [-0.1, -0.05) is 36.4 Å². The van der Waals surface area contributed by atoms with Gasteiger partial charge in [0, 0.05) is 5.88 Å². The summed E-state index contributed by atoms with van der Waals surface area (Å²) in [5.41, 5.74) is 3.18. The summed E-state index contributed by atoms with van der Waals surface area (Å²) in [6.45, 7) is 0.500. The Hall–Kier alpha value is -1.98. The Kier molecular flexibility index (Phi) is 4.83. The SMILES string of the molecule is N#CCc1ccc(OCc2ccccc2CCl)cc1. The lowest BCUT2D eigenvalue weighted by Crippen LogP contribution is -1.99. The average molecular weight is 272 g/mol. The van der Waals surface area contributed by atoms with E-state index in [0.29, 0.717) is 18.9 Å². The van der Waals surface area contributed by atoms with Crippen molar-refractivity contribution < 1.29 is 4.74 Å². The second-order valence-corrected chi connectivity index (χ2v) is 4.44. The van der Waals surface area contributed by atoms with Crippen molar-refractivity contribution in [3.05, 3.63) is 65.2 Å². The first-order valence-corrected chi connectivity index (χ1v) is 6.58. The zero-order chi connectivity index (χ0) is 13.5. The molecule has 0 saturated carbocycles. The first-order valence-electron chi connectivity index (χ1n) is 6.05. The van der Waals surface area contributed by atoms with Crippen LogP contribution in [0.2, 0.25) is 0 Å². The first-order chi connectivity index (χ1) is 9.33. The number of nitrogens with zero attached hydrogens (tertiary/aromatic N) is 1. The molecule has 0 aliphatic carbocycles. The zero-order valence-electron chi connectivity index (χ0n) is 10.5. The highest BCUT2D eigenvalue weighted by atomic mass is 35.5. The van der Waals surface area contributed by atoms with Gasteiger partial charge in [-0.2, -0.15) is 5.26 Å². The number of halogens is 1. The van der Waals surface area contributed by atoms with Crippen LogP contribution in [0.1, 0.15) is 16.7 Å². The third-order valence-electron chi connectivity index (χ3n) is 2.86. The number of benzene rings is 2. The molecule has 0 aromatic heterocycles. The second-order valence-electron chi connectivity index (χ2n) is 4.17. The molecule has 19 heavy (non-hydrogen) atoms. The molecule has 2 aromatic rings. The van der Waals surface area contributed by atoms with E-state index in [9.17, 15) is 0 Å². The first kappa shape index (κ1) is 13.5. The van der Waals surface area contributed by atoms with Crippen LogP contribution in [0, 0.1) is 11.3 Å². The normalized spacial score (nSPS) is 9.89. The van der Waals surface area contributed by atoms with Gasteiger partial charge in [0.15, 0.2) is 0 Å². The minimum atomic E-state index is 0.426. The molecule has 2 nitrogen and oxygen atoms in total. The van der Waals surface area contributed by atoms with E-state index in [1.54, 1.807) is 0 Å². The molecule has 0 aliphatic heterocycles. The van der Waals surface area contributed by atoms with Gasteiger partial charge in [0.25, 0.3) is 0 Å². The summed E-state index contributed by atoms with van der Waals surface area (Å²) in [5.74, 6) is 1.28. The number of hydrogen-bond donors (Lipinski definition) is 0. The molecule has 0 unspecified atom stereocenters. The molecule has 0 spiro atoms. The van der Waals surface area contributed by atoms with E-state index in [-0.39, 0.29) is 0 Å². The summed E-state index contributed by atoms with van der Waals surface area (Å²) in [6, 6.07) is 17.7. The highest BCUT2D eigenvalue weighted by Crippen LogP contribution is 2.17. The van der Waals surface area contributed by atoms with E-state index in [0.717, 1.165) is 22.4 Å². The molecular formula is C16H14ClNO. The van der Waals surface area contributed by atoms with Crippen LogP contribution in [0.4, 0.5) is 0 Å². The summed E-state index contributed by atoms with van der Waals surface area (Å²) in [5, 5.41) is 8.60. The lowest BCUT2D eigenvalue weighted by atomic mass is 10.1. The van der Waals surface area contributed by atoms with Gasteiger partial charge in [-0.05, 0) is 28.8 Å². The number of rotatable bonds is 5. The van der Waals surface area contributed by atoms with E-state index in [1.165, 1.54) is 0 Å². The van der Waals surface area contributed by atoms with Gasteiger partial charge in [-0.3, -0.25) is 0 Å². The Morgan fingerprint density at radius 2 is 1.68 bits per heavy atom. The van der Waals surface area contributed by atoms with Crippen LogP contribution in [0.15, 0.2) is 48.5 Å². The summed E-state index contributed by atoms with van der Waals surface area (Å²) < 4.78 is 5.73. The Bertz CT molecular complexity index is 572. The molecule has 3 heteroatoms. The molecule has 0 fully saturated rings. The fourth-order valence-electron chi connectivity index (χ4n) is 1.78. The molecule has 0 bridgehead atoms. The molecular weight excluding hydrogens is 258 g/mol. The van der Waals surface area contributed by atoms with Crippen molar-refractivity contribution in [3.8, 4) is 11.8 Å². The van der Waals surface area contributed by atoms with E-state index >= 15 is 0 Å². The third kappa shape index (κ3) is 3.74. The Labute approximate surface area is 118 Å². The van der Waals surface area contributed by atoms with E-state index in [1.807, 2.05) is 48.5 Å². The van der Waals surface area contributed by atoms with E-state index in [2.05, 4.69) is 6.07 Å². The minimum Gasteiger partial charge on any atom is -0.489 e. The molecule has 2 aromatic carbocycles. The number of ether oxygens (including phenoxy) is 1. The van der Waals surface area contributed by atoms with E-state index < -0.39 is 0 Å². The molecule has 0 radical (unpaired) electrons. The molecule has 96 valence electrons. The average Bonchev–Trinajstić information content (AvgIpc) is 2.47. The quantitative estimate of drug-likeness (QED) is 0.768. The molecule has 0 heterocycles. The summed E-state index contributed by atoms with van der Waals surface area (Å²) >= 11 is 5.88. The van der Waals surface area contributed by atoms with Gasteiger partial charge in [-0.25, -0.2) is 0 Å². The summed E-state index contributed by atoms with van der Waals surface area (Å²) in [4.78, 5) is 0. The standard InChI is InChI=1S/C16H14ClNO/c17-11-14-3-1-2-4-15(14)12-19-16-7-5-13(6-8-16)9-10-18/h1-8H,9,11-12H2. The molecule has 0 aliphatic rings. The maximum atomic E-state index is 8.60. The van der Waals surface area contributed by atoms with Crippen molar-refractivity contribution in [2.75, 3.05) is 0 Å². The van der Waals surface area contributed by atoms with Crippen molar-refractivity contribution in [2.45, 2.75) is 18.9 Å². The van der Waals surface area contributed by atoms with Gasteiger partial charge in [0.05, 0.1) is 12.5 Å². The highest BCUT2D eigenvalue weighted by Gasteiger charge is 2.02. The zero-order valence-corrected chi connectivity index (χ0v) is 11.2. The lowest BCUT2D eigenvalue weighted by Gasteiger charge is -2.09. The summed E-state index contributed by atoms with van der Waals surface area (Å²) in [7, 11) is 0. The molecule has 0 amide bonds. The van der Waals surface area contributed by atoms with Gasteiger partial charge >= 0.3 is 0 Å². The molecule has 0 N–H and O–H groups in total. The van der Waals surface area contributed by atoms with Crippen molar-refractivity contribution >= 4 is 11.6 Å². The van der Waals surface area contributed by atoms with Crippen molar-refractivity contribution in [3.63, 3.8) is 0 Å². The van der Waals surface area contributed by atoms with Crippen molar-refractivity contribution in [1.82, 2.24) is 0 Å². The van der Waals surface area contributed by atoms with Crippen LogP contribution in [0.25, 0.3) is 0 Å². The highest BCUT2D eigenvalue weighted by molar-refractivity contribution is 6.17. The molecule has 2 rings (SSSR count). The monoisotopic (exact) mass is 271 g/mol. The molecule has 0 saturated heterocycles. The van der Waals surface area contributed by atoms with Crippen LogP contribution >= 0.6 is 11.6 Å². The number of nitriles is 1.